The van der Waals surface area contributed by atoms with Crippen LogP contribution in [-0.2, 0) is 4.79 Å². The molecule has 1 rings (SSSR count). The topological polar surface area (TPSA) is 43.1 Å². The number of rotatable bonds is 6. The Hall–Kier alpha value is -0.530. The van der Waals surface area contributed by atoms with E-state index < -0.39 is 0 Å². The van der Waals surface area contributed by atoms with Crippen LogP contribution in [0.4, 0.5) is 0 Å². The molecule has 2 nitrogen and oxygen atoms in total. The Morgan fingerprint density at radius 2 is 1.62 bits per heavy atom. The lowest BCUT2D eigenvalue weighted by atomic mass is 9.51. The van der Waals surface area contributed by atoms with Crippen LogP contribution in [0.5, 0.6) is 0 Å². The van der Waals surface area contributed by atoms with Crippen molar-refractivity contribution in [3.63, 3.8) is 0 Å². The molecule has 0 aromatic carbocycles. The predicted octanol–water partition coefficient (Wildman–Crippen LogP) is 4.87. The second-order valence-corrected chi connectivity index (χ2v) is 8.50. The Morgan fingerprint density at radius 1 is 1.10 bits per heavy atom. The summed E-state index contributed by atoms with van der Waals surface area (Å²) < 4.78 is 0. The summed E-state index contributed by atoms with van der Waals surface area (Å²) in [5, 5.41) is 0. The highest BCUT2D eigenvalue weighted by Crippen LogP contribution is 2.55. The molecule has 0 saturated heterocycles. The molecule has 2 heteroatoms. The fraction of sp³-hybridized carbons (Fsp3) is 0.947. The summed E-state index contributed by atoms with van der Waals surface area (Å²) in [6.45, 7) is 16.2. The third kappa shape index (κ3) is 3.81. The first-order chi connectivity index (χ1) is 9.62. The zero-order chi connectivity index (χ0) is 16.4. The summed E-state index contributed by atoms with van der Waals surface area (Å²) in [5.41, 5.74) is 5.73. The summed E-state index contributed by atoms with van der Waals surface area (Å²) in [6.07, 6.45) is 4.45. The largest absolute Gasteiger partial charge is 0.370 e. The van der Waals surface area contributed by atoms with Gasteiger partial charge in [0.05, 0.1) is 0 Å². The van der Waals surface area contributed by atoms with Crippen LogP contribution in [0.15, 0.2) is 0 Å². The van der Waals surface area contributed by atoms with Crippen molar-refractivity contribution in [1.82, 2.24) is 0 Å². The summed E-state index contributed by atoms with van der Waals surface area (Å²) in [6, 6.07) is 0. The van der Waals surface area contributed by atoms with Gasteiger partial charge in [-0.3, -0.25) is 4.79 Å². The van der Waals surface area contributed by atoms with E-state index in [2.05, 4.69) is 48.5 Å². The average molecular weight is 296 g/mol. The Kier molecular flexibility index (Phi) is 6.31. The second kappa shape index (κ2) is 7.15. The van der Waals surface area contributed by atoms with Crippen LogP contribution in [0.3, 0.4) is 0 Å². The maximum atomic E-state index is 11.8. The number of nitrogens with two attached hydrogens (primary N) is 1. The van der Waals surface area contributed by atoms with Gasteiger partial charge in [-0.25, -0.2) is 0 Å². The first-order valence-electron chi connectivity index (χ1n) is 8.91. The van der Waals surface area contributed by atoms with Gasteiger partial charge in [0, 0.05) is 6.42 Å². The Labute approximate surface area is 132 Å². The van der Waals surface area contributed by atoms with E-state index in [1.807, 2.05) is 0 Å². The van der Waals surface area contributed by atoms with Gasteiger partial charge in [-0.05, 0) is 53.8 Å². The Balaban J connectivity index is 3.28. The lowest BCUT2D eigenvalue weighted by Gasteiger charge is -2.54. The van der Waals surface area contributed by atoms with Gasteiger partial charge in [-0.2, -0.15) is 0 Å². The first kappa shape index (κ1) is 18.5. The van der Waals surface area contributed by atoms with Crippen molar-refractivity contribution in [3.05, 3.63) is 0 Å². The lowest BCUT2D eigenvalue weighted by molar-refractivity contribution is -0.128. The van der Waals surface area contributed by atoms with E-state index in [0.29, 0.717) is 30.1 Å². The molecule has 0 radical (unpaired) electrons. The minimum atomic E-state index is -0.127. The molecule has 1 aliphatic carbocycles. The van der Waals surface area contributed by atoms with Gasteiger partial charge in [0.25, 0.3) is 0 Å². The van der Waals surface area contributed by atoms with Gasteiger partial charge in [-0.15, -0.1) is 0 Å². The highest BCUT2D eigenvalue weighted by atomic mass is 16.1. The lowest BCUT2D eigenvalue weighted by Crippen LogP contribution is -2.49. The van der Waals surface area contributed by atoms with Crippen LogP contribution in [0, 0.1) is 40.9 Å². The summed E-state index contributed by atoms with van der Waals surface area (Å²) >= 11 is 0. The zero-order valence-electron chi connectivity index (χ0n) is 15.3. The molecule has 1 fully saturated rings. The molecule has 0 bridgehead atoms. The predicted molar refractivity (Wildman–Crippen MR) is 90.8 cm³/mol. The van der Waals surface area contributed by atoms with Gasteiger partial charge in [0.15, 0.2) is 0 Å². The van der Waals surface area contributed by atoms with Gasteiger partial charge in [0.2, 0.25) is 5.91 Å². The van der Waals surface area contributed by atoms with E-state index in [-0.39, 0.29) is 11.3 Å². The fourth-order valence-electron chi connectivity index (χ4n) is 5.18. The SMILES string of the molecule is CC1CCC(C(C)C)C(C(CC(N)=O)(C(C)C)C(C)C)C1. The number of amides is 1. The third-order valence-corrected chi connectivity index (χ3v) is 6.34. The van der Waals surface area contributed by atoms with Crippen molar-refractivity contribution in [2.24, 2.45) is 46.7 Å². The molecule has 0 aromatic rings. The van der Waals surface area contributed by atoms with Crippen molar-refractivity contribution in [1.29, 1.82) is 0 Å². The van der Waals surface area contributed by atoms with E-state index in [0.717, 1.165) is 11.8 Å². The van der Waals surface area contributed by atoms with Crippen molar-refractivity contribution in [3.8, 4) is 0 Å². The van der Waals surface area contributed by atoms with Crippen LogP contribution in [0.2, 0.25) is 0 Å². The molecule has 0 spiro atoms. The molecule has 1 aliphatic rings. The summed E-state index contributed by atoms with van der Waals surface area (Å²) in [7, 11) is 0. The molecule has 1 saturated carbocycles. The van der Waals surface area contributed by atoms with Crippen molar-refractivity contribution in [2.45, 2.75) is 74.1 Å². The van der Waals surface area contributed by atoms with E-state index in [1.165, 1.54) is 19.3 Å². The van der Waals surface area contributed by atoms with Crippen LogP contribution < -0.4 is 5.73 Å². The van der Waals surface area contributed by atoms with E-state index in [9.17, 15) is 4.79 Å². The van der Waals surface area contributed by atoms with Crippen molar-refractivity contribution < 1.29 is 4.79 Å². The molecule has 0 aromatic heterocycles. The van der Waals surface area contributed by atoms with Gasteiger partial charge >= 0.3 is 0 Å². The maximum Gasteiger partial charge on any atom is 0.218 e. The van der Waals surface area contributed by atoms with Crippen molar-refractivity contribution in [2.75, 3.05) is 0 Å². The van der Waals surface area contributed by atoms with E-state index >= 15 is 0 Å². The summed E-state index contributed by atoms with van der Waals surface area (Å²) in [4.78, 5) is 11.8. The van der Waals surface area contributed by atoms with Crippen molar-refractivity contribution >= 4 is 5.91 Å². The zero-order valence-corrected chi connectivity index (χ0v) is 15.3. The molecule has 0 heterocycles. The number of carbonyl (C=O) groups is 1. The number of primary amides is 1. The number of hydrogen-bond acceptors (Lipinski definition) is 1. The fourth-order valence-corrected chi connectivity index (χ4v) is 5.18. The molecule has 21 heavy (non-hydrogen) atoms. The minimum absolute atomic E-state index is 0.0510. The molecular weight excluding hydrogens is 258 g/mol. The minimum Gasteiger partial charge on any atom is -0.370 e. The molecule has 2 N–H and O–H groups in total. The smallest absolute Gasteiger partial charge is 0.218 e. The molecule has 124 valence electrons. The molecule has 3 atom stereocenters. The third-order valence-electron chi connectivity index (χ3n) is 6.34. The highest BCUT2D eigenvalue weighted by molar-refractivity contribution is 5.74. The Bertz CT molecular complexity index is 337. The van der Waals surface area contributed by atoms with Crippen LogP contribution in [0.25, 0.3) is 0 Å². The maximum absolute atomic E-state index is 11.8. The normalized spacial score (nSPS) is 27.6. The Morgan fingerprint density at radius 3 is 2.00 bits per heavy atom. The van der Waals surface area contributed by atoms with Crippen LogP contribution in [0.1, 0.15) is 74.1 Å². The highest BCUT2D eigenvalue weighted by Gasteiger charge is 2.50. The molecular formula is C19H37NO. The summed E-state index contributed by atoms with van der Waals surface area (Å²) in [5.74, 6) is 3.65. The molecule has 0 aliphatic heterocycles. The van der Waals surface area contributed by atoms with E-state index in [1.54, 1.807) is 0 Å². The van der Waals surface area contributed by atoms with Crippen LogP contribution in [-0.4, -0.2) is 5.91 Å². The molecule has 1 amide bonds. The quantitative estimate of drug-likeness (QED) is 0.746. The van der Waals surface area contributed by atoms with Gasteiger partial charge < -0.3 is 5.73 Å². The monoisotopic (exact) mass is 295 g/mol. The standard InChI is InChI=1S/C19H37NO/c1-12(2)16-9-8-15(7)10-17(16)19(13(3)4,14(5)6)11-18(20)21/h12-17H,8-11H2,1-7H3,(H2,20,21). The van der Waals surface area contributed by atoms with E-state index in [4.69, 9.17) is 5.73 Å². The number of carbonyl (C=O) groups excluding carboxylic acids is 1. The second-order valence-electron chi connectivity index (χ2n) is 8.50. The molecule has 3 unspecified atom stereocenters. The average Bonchev–Trinajstić information content (AvgIpc) is 2.34. The van der Waals surface area contributed by atoms with Gasteiger partial charge in [-0.1, -0.05) is 54.9 Å². The first-order valence-corrected chi connectivity index (χ1v) is 8.91. The van der Waals surface area contributed by atoms with Crippen LogP contribution >= 0.6 is 0 Å². The number of hydrogen-bond donors (Lipinski definition) is 1. The van der Waals surface area contributed by atoms with Gasteiger partial charge in [0.1, 0.15) is 0 Å².